The minimum Gasteiger partial charge on any atom is -0.394 e. The van der Waals surface area contributed by atoms with Crippen LogP contribution in [0.5, 0.6) is 0 Å². The van der Waals surface area contributed by atoms with Crippen LogP contribution in [-0.4, -0.2) is 66.4 Å². The summed E-state index contributed by atoms with van der Waals surface area (Å²) in [7, 11) is 0. The van der Waals surface area contributed by atoms with Crippen molar-refractivity contribution in [3.05, 3.63) is 0 Å². The van der Waals surface area contributed by atoms with Gasteiger partial charge in [0.2, 0.25) is 0 Å². The van der Waals surface area contributed by atoms with E-state index in [1.807, 2.05) is 0 Å². The van der Waals surface area contributed by atoms with Crippen molar-refractivity contribution in [2.24, 2.45) is 0 Å². The molecule has 94 valence electrons. The molecule has 2 amide bonds. The molecular weight excluding hydrogens is 210 g/mol. The van der Waals surface area contributed by atoms with Crippen LogP contribution in [0.25, 0.3) is 0 Å². The zero-order valence-corrected chi connectivity index (χ0v) is 9.98. The summed E-state index contributed by atoms with van der Waals surface area (Å²) in [5.74, 6) is 0. The number of carbonyl (C=O) groups is 1. The van der Waals surface area contributed by atoms with Crippen LogP contribution in [-0.2, 0) is 4.84 Å². The standard InChI is InChI=1S/C10H21N3O3/c1-9(2)12-3-5-13(6-4-12)10(15)11-16-8-7-14/h9,14H,3-8H2,1-2H3,(H,11,15). The molecule has 1 aliphatic heterocycles. The fraction of sp³-hybridized carbons (Fsp3) is 0.900. The molecule has 0 atom stereocenters. The van der Waals surface area contributed by atoms with Crippen molar-refractivity contribution >= 4 is 6.03 Å². The Balaban J connectivity index is 2.22. The van der Waals surface area contributed by atoms with E-state index in [9.17, 15) is 4.79 Å². The van der Waals surface area contributed by atoms with Crippen LogP contribution in [0.1, 0.15) is 13.8 Å². The lowest BCUT2D eigenvalue weighted by Crippen LogP contribution is -2.53. The van der Waals surface area contributed by atoms with Crippen LogP contribution < -0.4 is 5.48 Å². The number of amides is 2. The Morgan fingerprint density at radius 2 is 2.00 bits per heavy atom. The van der Waals surface area contributed by atoms with Crippen LogP contribution in [0, 0.1) is 0 Å². The number of aliphatic hydroxyl groups excluding tert-OH is 1. The second-order valence-corrected chi connectivity index (χ2v) is 4.10. The number of hydroxylamine groups is 1. The van der Waals surface area contributed by atoms with Gasteiger partial charge in [-0.2, -0.15) is 0 Å². The van der Waals surface area contributed by atoms with E-state index < -0.39 is 0 Å². The average Bonchev–Trinajstić information content (AvgIpc) is 2.29. The van der Waals surface area contributed by atoms with Crippen molar-refractivity contribution in [2.75, 3.05) is 39.4 Å². The number of carbonyl (C=O) groups excluding carboxylic acids is 1. The van der Waals surface area contributed by atoms with E-state index in [1.165, 1.54) is 0 Å². The van der Waals surface area contributed by atoms with Gasteiger partial charge in [-0.15, -0.1) is 0 Å². The SMILES string of the molecule is CC(C)N1CCN(C(=O)NOCCO)CC1. The largest absolute Gasteiger partial charge is 0.394 e. The van der Waals surface area contributed by atoms with Crippen molar-refractivity contribution < 1.29 is 14.7 Å². The van der Waals surface area contributed by atoms with Crippen molar-refractivity contribution in [1.82, 2.24) is 15.3 Å². The Morgan fingerprint density at radius 1 is 1.38 bits per heavy atom. The number of hydrogen-bond donors (Lipinski definition) is 2. The predicted molar refractivity (Wildman–Crippen MR) is 59.9 cm³/mol. The maximum absolute atomic E-state index is 11.5. The van der Waals surface area contributed by atoms with Crippen molar-refractivity contribution in [2.45, 2.75) is 19.9 Å². The van der Waals surface area contributed by atoms with E-state index in [4.69, 9.17) is 9.94 Å². The fourth-order valence-corrected chi connectivity index (χ4v) is 1.66. The van der Waals surface area contributed by atoms with Gasteiger partial charge >= 0.3 is 6.03 Å². The first kappa shape index (κ1) is 13.2. The second-order valence-electron chi connectivity index (χ2n) is 4.10. The highest BCUT2D eigenvalue weighted by Gasteiger charge is 2.22. The molecule has 1 heterocycles. The zero-order valence-electron chi connectivity index (χ0n) is 9.98. The zero-order chi connectivity index (χ0) is 12.0. The summed E-state index contributed by atoms with van der Waals surface area (Å²) in [6.45, 7) is 7.55. The average molecular weight is 231 g/mol. The Morgan fingerprint density at radius 3 is 2.50 bits per heavy atom. The van der Waals surface area contributed by atoms with E-state index in [1.54, 1.807) is 4.90 Å². The van der Waals surface area contributed by atoms with E-state index >= 15 is 0 Å². The van der Waals surface area contributed by atoms with Gasteiger partial charge in [-0.05, 0) is 13.8 Å². The number of piperazine rings is 1. The molecule has 0 spiro atoms. The molecule has 1 saturated heterocycles. The first-order valence-electron chi connectivity index (χ1n) is 5.66. The first-order chi connectivity index (χ1) is 7.65. The molecule has 6 nitrogen and oxygen atoms in total. The highest BCUT2D eigenvalue weighted by atomic mass is 16.7. The van der Waals surface area contributed by atoms with E-state index in [0.29, 0.717) is 19.1 Å². The Kier molecular flexibility index (Phi) is 5.51. The van der Waals surface area contributed by atoms with Gasteiger partial charge in [0, 0.05) is 32.2 Å². The quantitative estimate of drug-likeness (QED) is 0.512. The number of nitrogens with one attached hydrogen (secondary N) is 1. The Labute approximate surface area is 96.1 Å². The molecule has 0 aromatic rings. The molecule has 6 heteroatoms. The first-order valence-corrected chi connectivity index (χ1v) is 5.66. The number of urea groups is 1. The molecular formula is C10H21N3O3. The van der Waals surface area contributed by atoms with Crippen molar-refractivity contribution in [3.8, 4) is 0 Å². The minimum absolute atomic E-state index is 0.0958. The fourth-order valence-electron chi connectivity index (χ4n) is 1.66. The van der Waals surface area contributed by atoms with E-state index in [0.717, 1.165) is 13.1 Å². The summed E-state index contributed by atoms with van der Waals surface area (Å²) in [6, 6.07) is 0.299. The van der Waals surface area contributed by atoms with Gasteiger partial charge in [0.05, 0.1) is 13.2 Å². The van der Waals surface area contributed by atoms with Crippen LogP contribution in [0.2, 0.25) is 0 Å². The van der Waals surface area contributed by atoms with Crippen LogP contribution in [0.15, 0.2) is 0 Å². The van der Waals surface area contributed by atoms with Crippen LogP contribution in [0.3, 0.4) is 0 Å². The number of aliphatic hydroxyl groups is 1. The third-order valence-corrected chi connectivity index (χ3v) is 2.68. The predicted octanol–water partition coefficient (Wildman–Crippen LogP) is -0.354. The Hall–Kier alpha value is -0.850. The van der Waals surface area contributed by atoms with Crippen molar-refractivity contribution in [1.29, 1.82) is 0 Å². The second kappa shape index (κ2) is 6.67. The summed E-state index contributed by atoms with van der Waals surface area (Å²) >= 11 is 0. The molecule has 1 rings (SSSR count). The lowest BCUT2D eigenvalue weighted by molar-refractivity contribution is 0.0203. The number of hydrogen-bond acceptors (Lipinski definition) is 4. The monoisotopic (exact) mass is 231 g/mol. The normalized spacial score (nSPS) is 17.9. The summed E-state index contributed by atoms with van der Waals surface area (Å²) in [6.07, 6.45) is 0. The smallest absolute Gasteiger partial charge is 0.341 e. The maximum atomic E-state index is 11.5. The van der Waals surface area contributed by atoms with E-state index in [-0.39, 0.29) is 19.2 Å². The van der Waals surface area contributed by atoms with Crippen molar-refractivity contribution in [3.63, 3.8) is 0 Å². The molecule has 0 aliphatic carbocycles. The molecule has 0 radical (unpaired) electrons. The molecule has 2 N–H and O–H groups in total. The van der Waals surface area contributed by atoms with Gasteiger partial charge in [0.15, 0.2) is 0 Å². The molecule has 0 aromatic carbocycles. The third-order valence-electron chi connectivity index (χ3n) is 2.68. The molecule has 0 unspecified atom stereocenters. The van der Waals surface area contributed by atoms with Crippen LogP contribution in [0.4, 0.5) is 4.79 Å². The highest BCUT2D eigenvalue weighted by Crippen LogP contribution is 2.05. The van der Waals surface area contributed by atoms with Gasteiger partial charge < -0.3 is 10.0 Å². The molecule has 16 heavy (non-hydrogen) atoms. The van der Waals surface area contributed by atoms with E-state index in [2.05, 4.69) is 24.2 Å². The summed E-state index contributed by atoms with van der Waals surface area (Å²) in [5.41, 5.74) is 2.31. The number of nitrogens with zero attached hydrogens (tertiary/aromatic N) is 2. The molecule has 0 saturated carbocycles. The molecule has 1 aliphatic rings. The third kappa shape index (κ3) is 3.96. The maximum Gasteiger partial charge on any atom is 0.341 e. The molecule has 0 aromatic heterocycles. The summed E-state index contributed by atoms with van der Waals surface area (Å²) < 4.78 is 0. The summed E-state index contributed by atoms with van der Waals surface area (Å²) in [4.78, 5) is 20.4. The van der Waals surface area contributed by atoms with Gasteiger partial charge in [-0.25, -0.2) is 10.3 Å². The van der Waals surface area contributed by atoms with Crippen LogP contribution >= 0.6 is 0 Å². The molecule has 0 bridgehead atoms. The topological polar surface area (TPSA) is 65.0 Å². The highest BCUT2D eigenvalue weighted by molar-refractivity contribution is 5.73. The van der Waals surface area contributed by atoms with Gasteiger partial charge in [-0.3, -0.25) is 9.74 Å². The summed E-state index contributed by atoms with van der Waals surface area (Å²) in [5, 5.41) is 8.49. The lowest BCUT2D eigenvalue weighted by atomic mass is 10.2. The van der Waals surface area contributed by atoms with Gasteiger partial charge in [0.1, 0.15) is 0 Å². The number of rotatable bonds is 4. The minimum atomic E-state index is -0.225. The van der Waals surface area contributed by atoms with Gasteiger partial charge in [-0.1, -0.05) is 0 Å². The Bertz CT molecular complexity index is 215. The lowest BCUT2D eigenvalue weighted by Gasteiger charge is -2.36. The molecule has 1 fully saturated rings. The van der Waals surface area contributed by atoms with Gasteiger partial charge in [0.25, 0.3) is 0 Å².